The first-order valence-corrected chi connectivity index (χ1v) is 11.6. The molecule has 2 unspecified atom stereocenters. The van der Waals surface area contributed by atoms with E-state index in [0.29, 0.717) is 6.42 Å². The molecule has 1 aliphatic carbocycles. The van der Waals surface area contributed by atoms with Gasteiger partial charge in [0.25, 0.3) is 0 Å². The van der Waals surface area contributed by atoms with E-state index in [1.165, 1.54) is 0 Å². The number of aliphatic hydroxyl groups excluding tert-OH is 1. The van der Waals surface area contributed by atoms with E-state index in [9.17, 15) is 19.5 Å². The molecule has 2 aromatic carbocycles. The Hall–Kier alpha value is -3.27. The molecule has 6 N–H and O–H groups in total. The highest BCUT2D eigenvalue weighted by Gasteiger charge is 2.36. The molecule has 2 aromatic rings. The lowest BCUT2D eigenvalue weighted by Gasteiger charge is -2.22. The van der Waals surface area contributed by atoms with E-state index in [-0.39, 0.29) is 30.7 Å². The van der Waals surface area contributed by atoms with Crippen molar-refractivity contribution in [2.24, 2.45) is 0 Å². The number of amides is 2. The monoisotopic (exact) mass is 466 g/mol. The minimum atomic E-state index is -1.60. The molecule has 4 atom stereocenters. The van der Waals surface area contributed by atoms with Crippen molar-refractivity contribution in [1.82, 2.24) is 21.5 Å². The van der Waals surface area contributed by atoms with Crippen LogP contribution in [-0.2, 0) is 20.8 Å². The van der Waals surface area contributed by atoms with E-state index in [1.807, 2.05) is 54.6 Å². The summed E-state index contributed by atoms with van der Waals surface area (Å²) in [6, 6.07) is 16.2. The molecule has 0 aromatic heterocycles. The number of carboxylic acids is 1. The van der Waals surface area contributed by atoms with Crippen LogP contribution in [0.5, 0.6) is 0 Å². The van der Waals surface area contributed by atoms with Gasteiger partial charge in [0.1, 0.15) is 12.1 Å². The maximum atomic E-state index is 12.9. The van der Waals surface area contributed by atoms with Gasteiger partial charge in [-0.15, -0.1) is 0 Å². The summed E-state index contributed by atoms with van der Waals surface area (Å²) in [5.74, 6) is -1.82. The van der Waals surface area contributed by atoms with E-state index in [1.54, 1.807) is 0 Å². The summed E-state index contributed by atoms with van der Waals surface area (Å²) in [6.45, 7) is 0. The average molecular weight is 467 g/mol. The molecule has 2 amide bonds. The summed E-state index contributed by atoms with van der Waals surface area (Å²) in [4.78, 5) is 36.3. The zero-order chi connectivity index (χ0) is 24.1. The molecule has 180 valence electrons. The first-order chi connectivity index (χ1) is 16.4. The lowest BCUT2D eigenvalue weighted by Crippen LogP contribution is -2.49. The zero-order valence-corrected chi connectivity index (χ0v) is 18.7. The van der Waals surface area contributed by atoms with Crippen molar-refractivity contribution in [2.75, 3.05) is 0 Å². The predicted octanol–water partition coefficient (Wildman–Crippen LogP) is 0.730. The molecule has 9 nitrogen and oxygen atoms in total. The van der Waals surface area contributed by atoms with Gasteiger partial charge in [0.05, 0.1) is 0 Å². The number of carbonyl (C=O) groups excluding carboxylic acids is 2. The van der Waals surface area contributed by atoms with E-state index in [2.05, 4.69) is 21.5 Å². The quantitative estimate of drug-likeness (QED) is 0.303. The molecule has 1 heterocycles. The van der Waals surface area contributed by atoms with Gasteiger partial charge in [-0.05, 0) is 42.4 Å². The molecule has 2 fully saturated rings. The second-order valence-corrected chi connectivity index (χ2v) is 8.97. The lowest BCUT2D eigenvalue weighted by molar-refractivity contribution is -0.147. The number of carbonyl (C=O) groups is 3. The molecule has 0 radical (unpaired) electrons. The maximum Gasteiger partial charge on any atom is 0.332 e. The minimum absolute atomic E-state index is 0.132. The highest BCUT2D eigenvalue weighted by molar-refractivity contribution is 5.87. The number of hydrazine groups is 1. The van der Waals surface area contributed by atoms with Gasteiger partial charge in [0.2, 0.25) is 11.8 Å². The molecule has 1 saturated carbocycles. The number of aliphatic hydroxyl groups is 1. The van der Waals surface area contributed by atoms with E-state index >= 15 is 0 Å². The van der Waals surface area contributed by atoms with Crippen molar-refractivity contribution < 1.29 is 24.6 Å². The standard InChI is InChI=1S/C25H30N4O5/c30-22(25(33)34)13-19(12-15-6-8-17(9-7-15)16-4-2-1-3-5-16)27-24(32)21-14-20(28-29-21)23(31)26-18-10-11-18/h1-9,18-22,28-30H,10-14H2,(H,26,31)(H,27,32)(H,33,34)/t19-,20?,21?,22-/m1/s1. The third-order valence-electron chi connectivity index (χ3n) is 6.14. The molecule has 0 bridgehead atoms. The summed E-state index contributed by atoms with van der Waals surface area (Å²) in [7, 11) is 0. The van der Waals surface area contributed by atoms with Gasteiger partial charge in [0, 0.05) is 18.5 Å². The number of benzene rings is 2. The van der Waals surface area contributed by atoms with Crippen LogP contribution in [0.25, 0.3) is 11.1 Å². The lowest BCUT2D eigenvalue weighted by atomic mass is 9.97. The molecule has 2 aliphatic rings. The van der Waals surface area contributed by atoms with Crippen LogP contribution in [0.3, 0.4) is 0 Å². The van der Waals surface area contributed by atoms with Crippen LogP contribution in [0, 0.1) is 0 Å². The van der Waals surface area contributed by atoms with E-state index in [0.717, 1.165) is 29.5 Å². The first-order valence-electron chi connectivity index (χ1n) is 11.6. The predicted molar refractivity (Wildman–Crippen MR) is 125 cm³/mol. The van der Waals surface area contributed by atoms with E-state index in [4.69, 9.17) is 5.11 Å². The van der Waals surface area contributed by atoms with Crippen molar-refractivity contribution in [2.45, 2.75) is 62.4 Å². The van der Waals surface area contributed by atoms with Crippen LogP contribution >= 0.6 is 0 Å². The van der Waals surface area contributed by atoms with Gasteiger partial charge in [-0.1, -0.05) is 54.6 Å². The summed E-state index contributed by atoms with van der Waals surface area (Å²) >= 11 is 0. The molecule has 4 rings (SSSR count). The fourth-order valence-corrected chi connectivity index (χ4v) is 4.04. The van der Waals surface area contributed by atoms with E-state index < -0.39 is 30.2 Å². The number of hydrogen-bond donors (Lipinski definition) is 6. The summed E-state index contributed by atoms with van der Waals surface area (Å²) < 4.78 is 0. The summed E-state index contributed by atoms with van der Waals surface area (Å²) in [6.07, 6.45) is 0.876. The second-order valence-electron chi connectivity index (χ2n) is 8.97. The molecular formula is C25H30N4O5. The molecule has 1 saturated heterocycles. The van der Waals surface area contributed by atoms with Crippen molar-refractivity contribution in [3.63, 3.8) is 0 Å². The van der Waals surface area contributed by atoms with Gasteiger partial charge >= 0.3 is 5.97 Å². The highest BCUT2D eigenvalue weighted by Crippen LogP contribution is 2.21. The Bertz CT molecular complexity index is 1010. The first kappa shape index (κ1) is 23.9. The zero-order valence-electron chi connectivity index (χ0n) is 18.7. The molecular weight excluding hydrogens is 436 g/mol. The Morgan fingerprint density at radius 1 is 0.912 bits per heavy atom. The molecule has 9 heteroatoms. The Balaban J connectivity index is 1.38. The van der Waals surface area contributed by atoms with Crippen LogP contribution in [0.2, 0.25) is 0 Å². The van der Waals surface area contributed by atoms with Crippen molar-refractivity contribution >= 4 is 17.8 Å². The Morgan fingerprint density at radius 2 is 1.53 bits per heavy atom. The van der Waals surface area contributed by atoms with Gasteiger partial charge in [0.15, 0.2) is 6.10 Å². The number of carboxylic acid groups (broad SMARTS) is 1. The molecule has 0 spiro atoms. The van der Waals surface area contributed by atoms with Crippen LogP contribution in [0.4, 0.5) is 0 Å². The molecule has 34 heavy (non-hydrogen) atoms. The normalized spacial score (nSPS) is 21.4. The Morgan fingerprint density at radius 3 is 2.15 bits per heavy atom. The number of rotatable bonds is 10. The number of nitrogens with one attached hydrogen (secondary N) is 4. The second kappa shape index (κ2) is 10.8. The third kappa shape index (κ3) is 6.40. The minimum Gasteiger partial charge on any atom is -0.479 e. The Kier molecular flexibility index (Phi) is 7.56. The largest absolute Gasteiger partial charge is 0.479 e. The highest BCUT2D eigenvalue weighted by atomic mass is 16.4. The molecule has 1 aliphatic heterocycles. The number of hydrogen-bond acceptors (Lipinski definition) is 6. The fraction of sp³-hybridized carbons (Fsp3) is 0.400. The van der Waals surface area contributed by atoms with Crippen molar-refractivity contribution in [3.05, 3.63) is 60.2 Å². The number of aliphatic carboxylic acids is 1. The van der Waals surface area contributed by atoms with Gasteiger partial charge in [-0.25, -0.2) is 15.6 Å². The summed E-state index contributed by atoms with van der Waals surface area (Å²) in [5, 5.41) is 24.8. The summed E-state index contributed by atoms with van der Waals surface area (Å²) in [5.41, 5.74) is 8.74. The third-order valence-corrected chi connectivity index (χ3v) is 6.14. The van der Waals surface area contributed by atoms with Crippen LogP contribution in [0.15, 0.2) is 54.6 Å². The Labute approximate surface area is 197 Å². The van der Waals surface area contributed by atoms with Crippen LogP contribution in [0.1, 0.15) is 31.2 Å². The van der Waals surface area contributed by atoms with Crippen molar-refractivity contribution in [1.29, 1.82) is 0 Å². The van der Waals surface area contributed by atoms with Crippen LogP contribution < -0.4 is 21.5 Å². The SMILES string of the molecule is O=C(NC1CC1)C1CC(C(=O)N[C@H](Cc2ccc(-c3ccccc3)cc2)C[C@@H](O)C(=O)O)NN1. The smallest absolute Gasteiger partial charge is 0.332 e. The topological polar surface area (TPSA) is 140 Å². The van der Waals surface area contributed by atoms with Crippen LogP contribution in [-0.4, -0.2) is 58.3 Å². The van der Waals surface area contributed by atoms with Gasteiger partial charge in [-0.3, -0.25) is 9.59 Å². The van der Waals surface area contributed by atoms with Gasteiger partial charge < -0.3 is 20.8 Å². The van der Waals surface area contributed by atoms with Crippen molar-refractivity contribution in [3.8, 4) is 11.1 Å². The average Bonchev–Trinajstić information content (AvgIpc) is 3.50. The fourth-order valence-electron chi connectivity index (χ4n) is 4.04. The van der Waals surface area contributed by atoms with Gasteiger partial charge in [-0.2, -0.15) is 0 Å². The maximum absolute atomic E-state index is 12.9.